The van der Waals surface area contributed by atoms with Crippen molar-refractivity contribution in [2.45, 2.75) is 12.8 Å². The van der Waals surface area contributed by atoms with Gasteiger partial charge in [0.1, 0.15) is 5.69 Å². The number of nitroso groups, excluding NO2 is 1. The van der Waals surface area contributed by atoms with Crippen molar-refractivity contribution in [1.29, 1.82) is 0 Å². The fourth-order valence-corrected chi connectivity index (χ4v) is 1.86. The zero-order valence-corrected chi connectivity index (χ0v) is 10.6. The molecule has 1 heterocycles. The lowest BCUT2D eigenvalue weighted by Gasteiger charge is -2.07. The quantitative estimate of drug-likeness (QED) is 0.473. The molecule has 0 saturated heterocycles. The molecule has 2 aromatic rings. The minimum Gasteiger partial charge on any atom is -0.348 e. The second kappa shape index (κ2) is 6.44. The van der Waals surface area contributed by atoms with Gasteiger partial charge in [0.05, 0.1) is 12.0 Å². The number of hydrazone groups is 1. The zero-order valence-electron chi connectivity index (χ0n) is 10.6. The van der Waals surface area contributed by atoms with Gasteiger partial charge in [-0.25, -0.2) is 4.98 Å². The van der Waals surface area contributed by atoms with Crippen LogP contribution in [0.15, 0.2) is 47.1 Å². The molecule has 0 spiro atoms. The second-order valence-corrected chi connectivity index (χ2v) is 3.97. The molecule has 0 fully saturated rings. The maximum Gasteiger partial charge on any atom is 0.117 e. The normalized spacial score (nSPS) is 11.3. The molecular weight excluding hydrogens is 242 g/mol. The van der Waals surface area contributed by atoms with Crippen molar-refractivity contribution in [2.75, 3.05) is 7.05 Å². The number of nitrogens with zero attached hydrogens (tertiary/aromatic N) is 3. The lowest BCUT2D eigenvalue weighted by Crippen LogP contribution is -2.09. The number of nitrogens with one attached hydrogen (secondary N) is 2. The van der Waals surface area contributed by atoms with Crippen molar-refractivity contribution in [3.63, 3.8) is 0 Å². The first-order chi connectivity index (χ1) is 9.35. The first kappa shape index (κ1) is 12.9. The van der Waals surface area contributed by atoms with Gasteiger partial charge in [0.2, 0.25) is 0 Å². The maximum absolute atomic E-state index is 10.8. The highest BCUT2D eigenvalue weighted by molar-refractivity contribution is 6.04. The van der Waals surface area contributed by atoms with Crippen LogP contribution >= 0.6 is 0 Å². The van der Waals surface area contributed by atoms with Crippen LogP contribution in [0.5, 0.6) is 0 Å². The number of aromatic amines is 1. The van der Waals surface area contributed by atoms with Crippen LogP contribution in [0.3, 0.4) is 0 Å². The van der Waals surface area contributed by atoms with Crippen molar-refractivity contribution in [1.82, 2.24) is 15.4 Å². The summed E-state index contributed by atoms with van der Waals surface area (Å²) >= 11 is 0. The van der Waals surface area contributed by atoms with E-state index in [2.05, 4.69) is 25.7 Å². The molecule has 19 heavy (non-hydrogen) atoms. The Kier molecular flexibility index (Phi) is 4.39. The monoisotopic (exact) mass is 257 g/mol. The first-order valence-corrected chi connectivity index (χ1v) is 5.98. The van der Waals surface area contributed by atoms with E-state index in [-0.39, 0.29) is 0 Å². The summed E-state index contributed by atoms with van der Waals surface area (Å²) in [6.45, 7) is 0. The second-order valence-electron chi connectivity index (χ2n) is 3.97. The van der Waals surface area contributed by atoms with E-state index >= 15 is 0 Å². The molecule has 0 aliphatic carbocycles. The predicted octanol–water partition coefficient (Wildman–Crippen LogP) is 2.36. The lowest BCUT2D eigenvalue weighted by molar-refractivity contribution is 0.878. The first-order valence-electron chi connectivity index (χ1n) is 5.98. The molecular formula is C13H15N5O. The Morgan fingerprint density at radius 1 is 1.42 bits per heavy atom. The summed E-state index contributed by atoms with van der Waals surface area (Å²) in [7, 11) is 1.73. The molecule has 0 amide bonds. The Bertz CT molecular complexity index is 562. The molecule has 98 valence electrons. The van der Waals surface area contributed by atoms with Crippen LogP contribution in [-0.2, 0) is 6.42 Å². The van der Waals surface area contributed by atoms with Crippen molar-refractivity contribution in [2.24, 2.45) is 10.3 Å². The van der Waals surface area contributed by atoms with Gasteiger partial charge >= 0.3 is 0 Å². The van der Waals surface area contributed by atoms with Crippen LogP contribution in [-0.4, -0.2) is 22.7 Å². The summed E-state index contributed by atoms with van der Waals surface area (Å²) in [5.74, 6) is 0. The van der Waals surface area contributed by atoms with Crippen LogP contribution in [0.4, 0.5) is 5.69 Å². The van der Waals surface area contributed by atoms with E-state index < -0.39 is 0 Å². The number of imidazole rings is 1. The van der Waals surface area contributed by atoms with Gasteiger partial charge < -0.3 is 10.4 Å². The number of hydrogen-bond donors (Lipinski definition) is 2. The van der Waals surface area contributed by atoms with Gasteiger partial charge in [-0.3, -0.25) is 0 Å². The summed E-state index contributed by atoms with van der Waals surface area (Å²) in [6, 6.07) is 7.18. The van der Waals surface area contributed by atoms with Crippen molar-refractivity contribution in [3.8, 4) is 0 Å². The van der Waals surface area contributed by atoms with E-state index in [1.54, 1.807) is 31.7 Å². The highest BCUT2D eigenvalue weighted by Gasteiger charge is 2.10. The van der Waals surface area contributed by atoms with Crippen molar-refractivity contribution < 1.29 is 0 Å². The Morgan fingerprint density at radius 2 is 2.26 bits per heavy atom. The van der Waals surface area contributed by atoms with Crippen molar-refractivity contribution in [3.05, 3.63) is 53.0 Å². The summed E-state index contributed by atoms with van der Waals surface area (Å²) < 4.78 is 0. The lowest BCUT2D eigenvalue weighted by atomic mass is 10.0. The average Bonchev–Trinajstić information content (AvgIpc) is 2.96. The molecule has 1 aromatic carbocycles. The van der Waals surface area contributed by atoms with Crippen LogP contribution in [0.1, 0.15) is 17.7 Å². The minimum absolute atomic E-state index is 0.404. The van der Waals surface area contributed by atoms with Gasteiger partial charge in [-0.05, 0) is 24.1 Å². The van der Waals surface area contributed by atoms with Gasteiger partial charge in [0.15, 0.2) is 0 Å². The minimum atomic E-state index is 0.404. The topological polar surface area (TPSA) is 82.5 Å². The van der Waals surface area contributed by atoms with E-state index in [0.717, 1.165) is 23.4 Å². The highest BCUT2D eigenvalue weighted by atomic mass is 16.3. The number of benzene rings is 1. The largest absolute Gasteiger partial charge is 0.348 e. The van der Waals surface area contributed by atoms with E-state index in [1.807, 2.05) is 12.1 Å². The van der Waals surface area contributed by atoms with Gasteiger partial charge in [-0.15, -0.1) is 4.91 Å². The van der Waals surface area contributed by atoms with Crippen LogP contribution in [0.2, 0.25) is 0 Å². The molecule has 2 N–H and O–H groups in total. The van der Waals surface area contributed by atoms with Gasteiger partial charge in [-0.1, -0.05) is 18.2 Å². The predicted molar refractivity (Wildman–Crippen MR) is 74.4 cm³/mol. The molecule has 2 rings (SSSR count). The molecule has 1 aromatic heterocycles. The molecule has 0 atom stereocenters. The fraction of sp³-hybridized carbons (Fsp3) is 0.231. The van der Waals surface area contributed by atoms with E-state index in [0.29, 0.717) is 12.1 Å². The number of H-pyrrole nitrogens is 1. The smallest absolute Gasteiger partial charge is 0.117 e. The van der Waals surface area contributed by atoms with Gasteiger partial charge in [-0.2, -0.15) is 5.10 Å². The van der Waals surface area contributed by atoms with Crippen LogP contribution in [0, 0.1) is 4.91 Å². The highest BCUT2D eigenvalue weighted by Crippen LogP contribution is 2.20. The average molecular weight is 257 g/mol. The van der Waals surface area contributed by atoms with Gasteiger partial charge in [0.25, 0.3) is 0 Å². The Morgan fingerprint density at radius 3 is 2.95 bits per heavy atom. The summed E-state index contributed by atoms with van der Waals surface area (Å²) in [5, 5.41) is 7.28. The Balaban J connectivity index is 2.20. The molecule has 0 radical (unpaired) electrons. The van der Waals surface area contributed by atoms with E-state index in [4.69, 9.17) is 0 Å². The third-order valence-electron chi connectivity index (χ3n) is 2.75. The van der Waals surface area contributed by atoms with Gasteiger partial charge in [0, 0.05) is 24.5 Å². The third-order valence-corrected chi connectivity index (χ3v) is 2.75. The summed E-state index contributed by atoms with van der Waals surface area (Å²) in [6.07, 6.45) is 4.88. The Labute approximate surface area is 110 Å². The number of aromatic nitrogens is 2. The third kappa shape index (κ3) is 3.25. The van der Waals surface area contributed by atoms with Crippen LogP contribution in [0.25, 0.3) is 0 Å². The fourth-order valence-electron chi connectivity index (χ4n) is 1.86. The van der Waals surface area contributed by atoms with Crippen LogP contribution < -0.4 is 5.43 Å². The standard InChI is InChI=1S/C13H15N5O/c1-14-17-12(7-6-10-8-15-9-16-10)11-4-2-3-5-13(11)18-19/h2-5,8-9,14H,6-7H2,1H3,(H,15,16)/b17-12+. The molecule has 0 bridgehead atoms. The SMILES string of the molecule is CN/N=C(\CCc1cnc[nH]1)c1ccccc1N=O. The molecule has 0 aliphatic heterocycles. The molecule has 0 aliphatic rings. The van der Waals surface area contributed by atoms with E-state index in [1.165, 1.54) is 0 Å². The Hall–Kier alpha value is -2.50. The zero-order chi connectivity index (χ0) is 13.5. The molecule has 6 heteroatoms. The number of aryl methyl sites for hydroxylation is 1. The summed E-state index contributed by atoms with van der Waals surface area (Å²) in [5.41, 5.74) is 5.75. The molecule has 0 unspecified atom stereocenters. The maximum atomic E-state index is 10.8. The molecule has 6 nitrogen and oxygen atoms in total. The number of hydrogen-bond acceptors (Lipinski definition) is 5. The van der Waals surface area contributed by atoms with E-state index in [9.17, 15) is 4.91 Å². The van der Waals surface area contributed by atoms with Crippen molar-refractivity contribution >= 4 is 11.4 Å². The molecule has 0 saturated carbocycles. The summed E-state index contributed by atoms with van der Waals surface area (Å²) in [4.78, 5) is 17.8. The number of rotatable bonds is 6.